The molecule has 5 nitrogen and oxygen atoms in total. The van der Waals surface area contributed by atoms with Crippen molar-refractivity contribution in [3.8, 4) is 17.3 Å². The largest absolute Gasteiger partial charge is 0.492 e. The third-order valence-corrected chi connectivity index (χ3v) is 3.21. The summed E-state index contributed by atoms with van der Waals surface area (Å²) < 4.78 is 0. The smallest absolute Gasteiger partial charge is 0.238 e. The van der Waals surface area contributed by atoms with E-state index in [1.165, 1.54) is 11.8 Å². The zero-order chi connectivity index (χ0) is 13.2. The summed E-state index contributed by atoms with van der Waals surface area (Å²) in [6, 6.07) is 7.32. The van der Waals surface area contributed by atoms with Gasteiger partial charge in [-0.2, -0.15) is 0 Å². The first-order valence-electron chi connectivity index (χ1n) is 5.60. The van der Waals surface area contributed by atoms with Gasteiger partial charge in [0.05, 0.1) is 11.4 Å². The summed E-state index contributed by atoms with van der Waals surface area (Å²) in [5.74, 6) is -0.0857. The third kappa shape index (κ3) is 2.22. The molecule has 0 aliphatic carbocycles. The quantitative estimate of drug-likeness (QED) is 0.570. The second-order valence-corrected chi connectivity index (χ2v) is 4.61. The highest BCUT2D eigenvalue weighted by Crippen LogP contribution is 2.26. The van der Waals surface area contributed by atoms with Crippen LogP contribution in [-0.4, -0.2) is 31.3 Å². The van der Waals surface area contributed by atoms with Gasteiger partial charge in [-0.15, -0.1) is 0 Å². The van der Waals surface area contributed by atoms with Gasteiger partial charge in [0, 0.05) is 17.8 Å². The van der Waals surface area contributed by atoms with Crippen LogP contribution in [0, 0.1) is 0 Å². The van der Waals surface area contributed by atoms with E-state index in [2.05, 4.69) is 19.9 Å². The minimum Gasteiger partial charge on any atom is -0.492 e. The van der Waals surface area contributed by atoms with Crippen LogP contribution >= 0.6 is 11.8 Å². The molecule has 3 rings (SSSR count). The first-order chi connectivity index (χ1) is 9.28. The van der Waals surface area contributed by atoms with Gasteiger partial charge in [0.2, 0.25) is 5.88 Å². The Hall–Kier alpha value is -2.21. The molecule has 0 aromatic carbocycles. The number of hydrogen-bond donors (Lipinski definition) is 1. The highest BCUT2D eigenvalue weighted by molar-refractivity contribution is 7.98. The molecule has 0 spiro atoms. The SMILES string of the molecule is CSc1nccc(-c2cc3cccnc3c(O)n2)n1. The molecule has 0 aliphatic rings. The molecule has 3 aromatic heterocycles. The lowest BCUT2D eigenvalue weighted by Gasteiger charge is -2.04. The minimum atomic E-state index is -0.0857. The maximum absolute atomic E-state index is 9.92. The summed E-state index contributed by atoms with van der Waals surface area (Å²) >= 11 is 1.46. The average Bonchev–Trinajstić information content (AvgIpc) is 2.47. The van der Waals surface area contributed by atoms with E-state index in [1.807, 2.05) is 24.5 Å². The molecule has 0 amide bonds. The van der Waals surface area contributed by atoms with E-state index in [0.29, 0.717) is 22.1 Å². The summed E-state index contributed by atoms with van der Waals surface area (Å²) in [5.41, 5.74) is 1.78. The molecular formula is C13H10N4OS. The molecule has 0 unspecified atom stereocenters. The molecule has 19 heavy (non-hydrogen) atoms. The lowest BCUT2D eigenvalue weighted by molar-refractivity contribution is 0.459. The van der Waals surface area contributed by atoms with Crippen molar-refractivity contribution in [1.82, 2.24) is 19.9 Å². The molecule has 94 valence electrons. The number of rotatable bonds is 2. The highest BCUT2D eigenvalue weighted by atomic mass is 32.2. The second-order valence-electron chi connectivity index (χ2n) is 3.83. The van der Waals surface area contributed by atoms with Gasteiger partial charge in [-0.05, 0) is 24.5 Å². The van der Waals surface area contributed by atoms with Gasteiger partial charge in [-0.3, -0.25) is 4.98 Å². The lowest BCUT2D eigenvalue weighted by Crippen LogP contribution is -1.92. The number of pyridine rings is 2. The Balaban J connectivity index is 2.19. The first-order valence-corrected chi connectivity index (χ1v) is 6.82. The van der Waals surface area contributed by atoms with Gasteiger partial charge in [0.25, 0.3) is 0 Å². The molecule has 0 atom stereocenters. The van der Waals surface area contributed by atoms with Gasteiger partial charge < -0.3 is 5.11 Å². The Kier molecular flexibility index (Phi) is 3.00. The van der Waals surface area contributed by atoms with Gasteiger partial charge in [0.1, 0.15) is 5.52 Å². The Bertz CT molecular complexity index is 748. The molecular weight excluding hydrogens is 260 g/mol. The van der Waals surface area contributed by atoms with Crippen molar-refractivity contribution in [1.29, 1.82) is 0 Å². The van der Waals surface area contributed by atoms with E-state index in [-0.39, 0.29) is 5.88 Å². The normalized spacial score (nSPS) is 10.8. The van der Waals surface area contributed by atoms with Crippen LogP contribution in [0.25, 0.3) is 22.3 Å². The molecule has 0 radical (unpaired) electrons. The zero-order valence-electron chi connectivity index (χ0n) is 10.1. The predicted molar refractivity (Wildman–Crippen MR) is 74.0 cm³/mol. The van der Waals surface area contributed by atoms with Crippen molar-refractivity contribution in [2.24, 2.45) is 0 Å². The molecule has 6 heteroatoms. The van der Waals surface area contributed by atoms with Gasteiger partial charge >= 0.3 is 0 Å². The number of nitrogens with zero attached hydrogens (tertiary/aromatic N) is 4. The molecule has 0 bridgehead atoms. The van der Waals surface area contributed by atoms with Crippen molar-refractivity contribution < 1.29 is 5.11 Å². The molecule has 0 saturated heterocycles. The lowest BCUT2D eigenvalue weighted by atomic mass is 10.2. The molecule has 0 aliphatic heterocycles. The van der Waals surface area contributed by atoms with Crippen molar-refractivity contribution in [2.45, 2.75) is 5.16 Å². The van der Waals surface area contributed by atoms with Crippen molar-refractivity contribution in [2.75, 3.05) is 6.26 Å². The van der Waals surface area contributed by atoms with Crippen molar-refractivity contribution >= 4 is 22.7 Å². The van der Waals surface area contributed by atoms with Crippen LogP contribution < -0.4 is 0 Å². The number of thioether (sulfide) groups is 1. The van der Waals surface area contributed by atoms with Crippen LogP contribution in [0.1, 0.15) is 0 Å². The van der Waals surface area contributed by atoms with Gasteiger partial charge in [-0.25, -0.2) is 15.0 Å². The highest BCUT2D eigenvalue weighted by Gasteiger charge is 2.09. The fourth-order valence-electron chi connectivity index (χ4n) is 1.78. The molecule has 3 heterocycles. The molecule has 0 fully saturated rings. The topological polar surface area (TPSA) is 71.8 Å². The van der Waals surface area contributed by atoms with E-state index in [9.17, 15) is 5.11 Å². The van der Waals surface area contributed by atoms with E-state index in [0.717, 1.165) is 5.39 Å². The summed E-state index contributed by atoms with van der Waals surface area (Å²) in [6.45, 7) is 0. The van der Waals surface area contributed by atoms with Crippen molar-refractivity contribution in [3.05, 3.63) is 36.7 Å². The zero-order valence-corrected chi connectivity index (χ0v) is 10.9. The van der Waals surface area contributed by atoms with Crippen LogP contribution in [0.4, 0.5) is 0 Å². The van der Waals surface area contributed by atoms with Crippen LogP contribution in [0.2, 0.25) is 0 Å². The van der Waals surface area contributed by atoms with E-state index < -0.39 is 0 Å². The Morgan fingerprint density at radius 3 is 2.79 bits per heavy atom. The monoisotopic (exact) mass is 270 g/mol. The van der Waals surface area contributed by atoms with Crippen LogP contribution in [-0.2, 0) is 0 Å². The van der Waals surface area contributed by atoms with Crippen molar-refractivity contribution in [3.63, 3.8) is 0 Å². The Morgan fingerprint density at radius 2 is 1.95 bits per heavy atom. The maximum atomic E-state index is 9.92. The van der Waals surface area contributed by atoms with Crippen LogP contribution in [0.3, 0.4) is 0 Å². The summed E-state index contributed by atoms with van der Waals surface area (Å²) in [4.78, 5) is 16.7. The van der Waals surface area contributed by atoms with Gasteiger partial charge in [-0.1, -0.05) is 17.8 Å². The predicted octanol–water partition coefficient (Wildman–Crippen LogP) is 2.51. The summed E-state index contributed by atoms with van der Waals surface area (Å²) in [7, 11) is 0. The van der Waals surface area contributed by atoms with Gasteiger partial charge in [0.15, 0.2) is 5.16 Å². The van der Waals surface area contributed by atoms with E-state index >= 15 is 0 Å². The van der Waals surface area contributed by atoms with E-state index in [1.54, 1.807) is 18.5 Å². The second kappa shape index (κ2) is 4.81. The van der Waals surface area contributed by atoms with Crippen LogP contribution in [0.5, 0.6) is 5.88 Å². The fourth-order valence-corrected chi connectivity index (χ4v) is 2.14. The standard InChI is InChI=1S/C13H10N4OS/c1-19-13-15-6-4-9(17-13)10-7-8-3-2-5-14-11(8)12(18)16-10/h2-7H,1H3,(H,16,18). The Labute approximate surface area is 113 Å². The minimum absolute atomic E-state index is 0.0857. The number of fused-ring (bicyclic) bond motifs is 1. The molecule has 0 saturated carbocycles. The van der Waals surface area contributed by atoms with Crippen LogP contribution in [0.15, 0.2) is 41.8 Å². The first kappa shape index (κ1) is 11.9. The molecule has 3 aromatic rings. The number of hydrogen-bond acceptors (Lipinski definition) is 6. The number of aromatic nitrogens is 4. The summed E-state index contributed by atoms with van der Waals surface area (Å²) in [6.07, 6.45) is 5.22. The third-order valence-electron chi connectivity index (χ3n) is 2.65. The average molecular weight is 270 g/mol. The molecule has 1 N–H and O–H groups in total. The maximum Gasteiger partial charge on any atom is 0.238 e. The van der Waals surface area contributed by atoms with E-state index in [4.69, 9.17) is 0 Å². The summed E-state index contributed by atoms with van der Waals surface area (Å²) in [5, 5.41) is 11.4. The number of aromatic hydroxyl groups is 1. The fraction of sp³-hybridized carbons (Fsp3) is 0.0769. The Morgan fingerprint density at radius 1 is 1.05 bits per heavy atom.